The van der Waals surface area contributed by atoms with Gasteiger partial charge in [0.15, 0.2) is 6.29 Å². The van der Waals surface area contributed by atoms with Gasteiger partial charge < -0.3 is 24.4 Å². The van der Waals surface area contributed by atoms with Gasteiger partial charge in [-0.3, -0.25) is 4.79 Å². The molecule has 6 rings (SSSR count). The third-order valence-electron chi connectivity index (χ3n) is 9.53. The van der Waals surface area contributed by atoms with E-state index in [9.17, 15) is 15.0 Å². The van der Waals surface area contributed by atoms with Gasteiger partial charge >= 0.3 is 5.97 Å². The minimum Gasteiger partial charge on any atom is -0.461 e. The molecule has 10 unspecified atom stereocenters. The van der Waals surface area contributed by atoms with E-state index in [1.165, 1.54) is 6.92 Å². The van der Waals surface area contributed by atoms with Gasteiger partial charge in [-0.1, -0.05) is 20.4 Å². The number of rotatable bonds is 2. The summed E-state index contributed by atoms with van der Waals surface area (Å²) in [6, 6.07) is 0. The van der Waals surface area contributed by atoms with Gasteiger partial charge in [0.25, 0.3) is 0 Å². The third kappa shape index (κ3) is 2.09. The number of carbonyl (C=O) groups excluding carboxylic acids is 1. The van der Waals surface area contributed by atoms with Gasteiger partial charge in [-0.25, -0.2) is 0 Å². The molecule has 2 spiro atoms. The van der Waals surface area contributed by atoms with E-state index < -0.39 is 35.4 Å². The molecule has 0 aromatic rings. The van der Waals surface area contributed by atoms with E-state index in [1.54, 1.807) is 7.11 Å². The number of ether oxygens (including phenoxy) is 3. The standard InChI is InChI=1S/C23H34O6/c1-11-13-6-7-14-22-15(21(3,4)9-8-16(22)25)10-17(29-20(22)27-5)23(14,18(11)26)19(13)28-12(2)24/h13-20,25-26H,1,6-10H2,2-5H3. The van der Waals surface area contributed by atoms with Crippen molar-refractivity contribution in [2.24, 2.45) is 34.0 Å². The first-order chi connectivity index (χ1) is 13.6. The monoisotopic (exact) mass is 406 g/mol. The average Bonchev–Trinajstić information content (AvgIpc) is 2.79. The summed E-state index contributed by atoms with van der Waals surface area (Å²) in [5.41, 5.74) is -0.596. The van der Waals surface area contributed by atoms with Gasteiger partial charge in [-0.15, -0.1) is 0 Å². The zero-order valence-electron chi connectivity index (χ0n) is 17.9. The molecular weight excluding hydrogens is 372 g/mol. The Morgan fingerprint density at radius 2 is 1.90 bits per heavy atom. The van der Waals surface area contributed by atoms with E-state index >= 15 is 0 Å². The lowest BCUT2D eigenvalue weighted by molar-refractivity contribution is -0.420. The Balaban J connectivity index is 1.73. The van der Waals surface area contributed by atoms with Gasteiger partial charge in [0.1, 0.15) is 6.10 Å². The highest BCUT2D eigenvalue weighted by atomic mass is 16.7. The molecule has 6 fully saturated rings. The van der Waals surface area contributed by atoms with Gasteiger partial charge in [-0.2, -0.15) is 0 Å². The first-order valence-corrected chi connectivity index (χ1v) is 11.0. The molecule has 4 aliphatic carbocycles. The molecule has 29 heavy (non-hydrogen) atoms. The van der Waals surface area contributed by atoms with Crippen LogP contribution in [-0.4, -0.2) is 54.0 Å². The highest BCUT2D eigenvalue weighted by molar-refractivity contribution is 5.66. The van der Waals surface area contributed by atoms with Crippen molar-refractivity contribution in [1.29, 1.82) is 0 Å². The number of hydrogen-bond donors (Lipinski definition) is 2. The summed E-state index contributed by atoms with van der Waals surface area (Å²) < 4.78 is 18.3. The Bertz CT molecular complexity index is 748. The SMILES string of the molecule is C=C1C2CCC3C(C4CC5C(C)(C)CCC(O)C53C(OC)O4)(C1O)C2OC(C)=O. The van der Waals surface area contributed by atoms with Crippen molar-refractivity contribution in [3.05, 3.63) is 12.2 Å². The zero-order chi connectivity index (χ0) is 20.9. The summed E-state index contributed by atoms with van der Waals surface area (Å²) in [7, 11) is 1.65. The number of carbonyl (C=O) groups is 1. The van der Waals surface area contributed by atoms with Crippen molar-refractivity contribution in [2.45, 2.75) is 83.6 Å². The number of methoxy groups -OCH3 is 1. The Morgan fingerprint density at radius 1 is 1.17 bits per heavy atom. The van der Waals surface area contributed by atoms with Crippen LogP contribution in [0.15, 0.2) is 12.2 Å². The fraction of sp³-hybridized carbons (Fsp3) is 0.870. The molecule has 6 aliphatic rings. The molecule has 2 saturated heterocycles. The highest BCUT2D eigenvalue weighted by Gasteiger charge is 2.82. The van der Waals surface area contributed by atoms with E-state index in [1.807, 2.05) is 0 Å². The van der Waals surface area contributed by atoms with E-state index in [2.05, 4.69) is 20.4 Å². The lowest BCUT2D eigenvalue weighted by atomic mass is 9.36. The molecule has 0 radical (unpaired) electrons. The van der Waals surface area contributed by atoms with Crippen molar-refractivity contribution in [1.82, 2.24) is 0 Å². The second-order valence-electron chi connectivity index (χ2n) is 10.8. The van der Waals surface area contributed by atoms with E-state index in [-0.39, 0.29) is 35.2 Å². The first-order valence-electron chi connectivity index (χ1n) is 11.0. The Labute approximate surface area is 172 Å². The quantitative estimate of drug-likeness (QED) is 0.541. The lowest BCUT2D eigenvalue weighted by Crippen LogP contribution is -2.79. The first kappa shape index (κ1) is 20.0. The Morgan fingerprint density at radius 3 is 2.55 bits per heavy atom. The molecule has 0 aromatic heterocycles. The van der Waals surface area contributed by atoms with Crippen molar-refractivity contribution in [3.63, 3.8) is 0 Å². The van der Waals surface area contributed by atoms with E-state index in [4.69, 9.17) is 14.2 Å². The summed E-state index contributed by atoms with van der Waals surface area (Å²) in [6.45, 7) is 10.2. The van der Waals surface area contributed by atoms with Crippen LogP contribution in [0.1, 0.15) is 52.9 Å². The van der Waals surface area contributed by atoms with E-state index in [0.29, 0.717) is 6.42 Å². The van der Waals surface area contributed by atoms with Crippen LogP contribution in [0.2, 0.25) is 0 Å². The summed E-state index contributed by atoms with van der Waals surface area (Å²) in [6.07, 6.45) is 1.35. The molecule has 0 aromatic carbocycles. The molecule has 10 atom stereocenters. The normalized spacial score (nSPS) is 54.6. The summed E-state index contributed by atoms with van der Waals surface area (Å²) in [5.74, 6) is -0.238. The van der Waals surface area contributed by atoms with Crippen LogP contribution < -0.4 is 0 Å². The molecule has 6 heteroatoms. The van der Waals surface area contributed by atoms with Crippen LogP contribution in [-0.2, 0) is 19.0 Å². The number of hydrogen-bond acceptors (Lipinski definition) is 6. The Kier molecular flexibility index (Phi) is 4.17. The second-order valence-corrected chi connectivity index (χ2v) is 10.8. The van der Waals surface area contributed by atoms with Gasteiger partial charge in [0.05, 0.1) is 29.1 Å². The van der Waals surface area contributed by atoms with Crippen LogP contribution >= 0.6 is 0 Å². The number of fused-ring (bicyclic) bond motifs is 2. The van der Waals surface area contributed by atoms with Crippen molar-refractivity contribution >= 4 is 5.97 Å². The van der Waals surface area contributed by atoms with Gasteiger partial charge in [0.2, 0.25) is 0 Å². The van der Waals surface area contributed by atoms with Crippen molar-refractivity contribution < 1.29 is 29.2 Å². The fourth-order valence-corrected chi connectivity index (χ4v) is 8.62. The van der Waals surface area contributed by atoms with Crippen LogP contribution in [0.25, 0.3) is 0 Å². The minimum atomic E-state index is -0.804. The maximum absolute atomic E-state index is 12.0. The lowest BCUT2D eigenvalue weighted by Gasteiger charge is -2.74. The van der Waals surface area contributed by atoms with Crippen LogP contribution in [0.5, 0.6) is 0 Å². The molecule has 4 saturated carbocycles. The fourth-order valence-electron chi connectivity index (χ4n) is 8.62. The predicted molar refractivity (Wildman–Crippen MR) is 105 cm³/mol. The van der Waals surface area contributed by atoms with E-state index in [0.717, 1.165) is 31.3 Å². The highest BCUT2D eigenvalue weighted by Crippen LogP contribution is 2.76. The Hall–Kier alpha value is -0.950. The smallest absolute Gasteiger partial charge is 0.302 e. The third-order valence-corrected chi connectivity index (χ3v) is 9.53. The van der Waals surface area contributed by atoms with Crippen LogP contribution in [0, 0.1) is 34.0 Å². The molecule has 0 amide bonds. The minimum absolute atomic E-state index is 0.0357. The molecule has 2 heterocycles. The number of aliphatic hydroxyl groups excluding tert-OH is 2. The second kappa shape index (κ2) is 6.06. The average molecular weight is 407 g/mol. The topological polar surface area (TPSA) is 85.2 Å². The maximum atomic E-state index is 12.0. The molecule has 2 N–H and O–H groups in total. The molecule has 2 aliphatic heterocycles. The summed E-state index contributed by atoms with van der Waals surface area (Å²) in [5, 5.41) is 23.1. The molecule has 6 nitrogen and oxygen atoms in total. The van der Waals surface area contributed by atoms with Crippen LogP contribution in [0.4, 0.5) is 0 Å². The molecule has 4 bridgehead atoms. The maximum Gasteiger partial charge on any atom is 0.302 e. The number of esters is 1. The zero-order valence-corrected chi connectivity index (χ0v) is 17.9. The van der Waals surface area contributed by atoms with Gasteiger partial charge in [-0.05, 0) is 54.9 Å². The van der Waals surface area contributed by atoms with Crippen molar-refractivity contribution in [3.8, 4) is 0 Å². The summed E-state index contributed by atoms with van der Waals surface area (Å²) in [4.78, 5) is 12.0. The van der Waals surface area contributed by atoms with Crippen LogP contribution in [0.3, 0.4) is 0 Å². The van der Waals surface area contributed by atoms with Gasteiger partial charge in [0, 0.05) is 20.0 Å². The molecular formula is C23H34O6. The summed E-state index contributed by atoms with van der Waals surface area (Å²) >= 11 is 0. The predicted octanol–water partition coefficient (Wildman–Crippen LogP) is 2.42. The van der Waals surface area contributed by atoms with Crippen molar-refractivity contribution in [2.75, 3.05) is 7.11 Å². The molecule has 162 valence electrons. The number of aliphatic hydroxyl groups is 2. The largest absolute Gasteiger partial charge is 0.461 e.